The molecule has 4 heterocycles. The van der Waals surface area contributed by atoms with E-state index in [0.29, 0.717) is 51.5 Å². The van der Waals surface area contributed by atoms with Gasteiger partial charge in [-0.25, -0.2) is 22.7 Å². The second-order valence-corrected chi connectivity index (χ2v) is 15.5. The number of rotatable bonds is 8. The van der Waals surface area contributed by atoms with Gasteiger partial charge in [0, 0.05) is 49.9 Å². The zero-order valence-electron chi connectivity index (χ0n) is 28.1. The number of carbonyl (C=O) groups is 2. The number of para-hydroxylation sites is 1. The lowest BCUT2D eigenvalue weighted by molar-refractivity contribution is -0.134. The molecule has 2 saturated heterocycles. The topological polar surface area (TPSA) is 134 Å². The predicted molar refractivity (Wildman–Crippen MR) is 182 cm³/mol. The fraction of sp³-hybridized carbons (Fsp3) is 0.657. The van der Waals surface area contributed by atoms with E-state index >= 15 is 0 Å². The van der Waals surface area contributed by atoms with Gasteiger partial charge in [0.05, 0.1) is 18.2 Å². The largest absolute Gasteiger partial charge is 0.491 e. The number of carbonyl (C=O) groups excluding carboxylic acids is 2. The Labute approximate surface area is 280 Å². The summed E-state index contributed by atoms with van der Waals surface area (Å²) >= 11 is 0. The number of sulfonamides is 1. The number of benzene rings is 1. The Kier molecular flexibility index (Phi) is 12.2. The van der Waals surface area contributed by atoms with E-state index in [9.17, 15) is 18.0 Å². The Morgan fingerprint density at radius 1 is 1.06 bits per heavy atom. The van der Waals surface area contributed by atoms with Crippen LogP contribution in [0.5, 0.6) is 5.75 Å². The summed E-state index contributed by atoms with van der Waals surface area (Å²) in [5, 5.41) is 6.24. The van der Waals surface area contributed by atoms with Crippen molar-refractivity contribution >= 4 is 21.8 Å². The van der Waals surface area contributed by atoms with Crippen LogP contribution in [0.2, 0.25) is 0 Å². The number of nitrogens with zero attached hydrogens (tertiary/aromatic N) is 4. The Morgan fingerprint density at radius 2 is 1.83 bits per heavy atom. The van der Waals surface area contributed by atoms with Gasteiger partial charge >= 0.3 is 0 Å². The van der Waals surface area contributed by atoms with Crippen molar-refractivity contribution in [1.82, 2.24) is 29.8 Å². The first-order chi connectivity index (χ1) is 22.6. The first-order valence-electron chi connectivity index (χ1n) is 17.4. The minimum atomic E-state index is -3.17. The monoisotopic (exact) mass is 668 g/mol. The number of aromatic nitrogens is 2. The van der Waals surface area contributed by atoms with Crippen molar-refractivity contribution < 1.29 is 22.7 Å². The van der Waals surface area contributed by atoms with E-state index in [1.807, 2.05) is 25.1 Å². The molecule has 1 aromatic heterocycles. The van der Waals surface area contributed by atoms with E-state index < -0.39 is 10.0 Å². The number of piperidine rings is 2. The Bertz CT molecular complexity index is 1470. The second-order valence-electron chi connectivity index (χ2n) is 13.5. The maximum atomic E-state index is 13.4. The van der Waals surface area contributed by atoms with Gasteiger partial charge in [-0.05, 0) is 89.1 Å². The first kappa shape index (κ1) is 35.2. The van der Waals surface area contributed by atoms with Crippen molar-refractivity contribution in [3.05, 3.63) is 53.1 Å². The van der Waals surface area contributed by atoms with Gasteiger partial charge in [0.2, 0.25) is 21.8 Å². The number of amides is 2. The normalized spacial score (nSPS) is 20.6. The molecule has 1 spiro atoms. The molecule has 0 aliphatic carbocycles. The summed E-state index contributed by atoms with van der Waals surface area (Å²) in [4.78, 5) is 37.7. The number of nitrogens with one attached hydrogen (secondary N) is 2. The predicted octanol–water partition coefficient (Wildman–Crippen LogP) is 3.37. The Balaban J connectivity index is 1.03. The molecule has 258 valence electrons. The third-order valence-corrected chi connectivity index (χ3v) is 11.4. The number of hydrogen-bond donors (Lipinski definition) is 2. The van der Waals surface area contributed by atoms with Gasteiger partial charge in [-0.2, -0.15) is 0 Å². The standard InChI is InChI=1S/C35H52N6O5S/c1-27-38-30(26-31(39-27)28-13-20-41(21-14-28)47(2,44)45)11-12-33(42)36-18-24-40-22-16-35(17-23-40)15-7-3-4-8-29-9-5-6-10-32(29)46-25-19-37-34(35)43/h5-6,9-10,26,28H,3-4,7-8,11-25H2,1-2H3,(H,36,42)(H,37,43). The fourth-order valence-electron chi connectivity index (χ4n) is 7.27. The van der Waals surface area contributed by atoms with Gasteiger partial charge in [0.15, 0.2) is 0 Å². The van der Waals surface area contributed by atoms with Crippen molar-refractivity contribution in [2.75, 3.05) is 58.7 Å². The lowest BCUT2D eigenvalue weighted by atomic mass is 9.73. The molecule has 0 saturated carbocycles. The molecule has 11 nitrogen and oxygen atoms in total. The minimum absolute atomic E-state index is 0.00302. The van der Waals surface area contributed by atoms with Crippen LogP contribution < -0.4 is 15.4 Å². The minimum Gasteiger partial charge on any atom is -0.491 e. The molecule has 12 heteroatoms. The second kappa shape index (κ2) is 16.3. The summed E-state index contributed by atoms with van der Waals surface area (Å²) in [6.07, 6.45) is 10.4. The highest BCUT2D eigenvalue weighted by Crippen LogP contribution is 2.37. The summed E-state index contributed by atoms with van der Waals surface area (Å²) in [6, 6.07) is 10.2. The summed E-state index contributed by atoms with van der Waals surface area (Å²) in [7, 11) is -3.17. The molecule has 0 unspecified atom stereocenters. The highest BCUT2D eigenvalue weighted by Gasteiger charge is 2.40. The zero-order valence-corrected chi connectivity index (χ0v) is 29.0. The molecule has 2 aromatic rings. The molecule has 2 fully saturated rings. The van der Waals surface area contributed by atoms with Crippen LogP contribution in [0.25, 0.3) is 0 Å². The third-order valence-electron chi connectivity index (χ3n) is 10.1. The average Bonchev–Trinajstić information content (AvgIpc) is 3.07. The van der Waals surface area contributed by atoms with Crippen LogP contribution in [-0.4, -0.2) is 98.1 Å². The number of likely N-dealkylation sites (tertiary alicyclic amines) is 1. The van der Waals surface area contributed by atoms with Crippen LogP contribution in [0.3, 0.4) is 0 Å². The fourth-order valence-corrected chi connectivity index (χ4v) is 8.15. The van der Waals surface area contributed by atoms with E-state index in [4.69, 9.17) is 4.74 Å². The molecular weight excluding hydrogens is 616 g/mol. The maximum Gasteiger partial charge on any atom is 0.226 e. The van der Waals surface area contributed by atoms with Gasteiger partial charge in [-0.3, -0.25) is 9.59 Å². The van der Waals surface area contributed by atoms with Gasteiger partial charge < -0.3 is 20.3 Å². The molecule has 5 rings (SSSR count). The molecular formula is C35H52N6O5S. The summed E-state index contributed by atoms with van der Waals surface area (Å²) in [5.74, 6) is 1.95. The molecule has 3 aliphatic heterocycles. The highest BCUT2D eigenvalue weighted by molar-refractivity contribution is 7.88. The molecule has 3 aliphatic rings. The number of ether oxygens (including phenoxy) is 1. The van der Waals surface area contributed by atoms with Crippen LogP contribution in [-0.2, 0) is 32.5 Å². The Hall–Kier alpha value is -3.09. The van der Waals surface area contributed by atoms with Gasteiger partial charge in [0.1, 0.15) is 18.2 Å². The van der Waals surface area contributed by atoms with Crippen LogP contribution in [0.1, 0.15) is 86.5 Å². The number of aryl methyl sites for hydroxylation is 3. The quantitative estimate of drug-likeness (QED) is 0.438. The highest BCUT2D eigenvalue weighted by atomic mass is 32.2. The van der Waals surface area contributed by atoms with Crippen LogP contribution in [0.15, 0.2) is 30.3 Å². The van der Waals surface area contributed by atoms with Gasteiger partial charge in [0.25, 0.3) is 0 Å². The van der Waals surface area contributed by atoms with E-state index in [-0.39, 0.29) is 23.1 Å². The number of hydrogen-bond acceptors (Lipinski definition) is 8. The van der Waals surface area contributed by atoms with Gasteiger partial charge in [-0.15, -0.1) is 0 Å². The van der Waals surface area contributed by atoms with E-state index in [0.717, 1.165) is 94.6 Å². The van der Waals surface area contributed by atoms with E-state index in [1.165, 1.54) is 16.1 Å². The molecule has 1 aromatic carbocycles. The third kappa shape index (κ3) is 9.96. The Morgan fingerprint density at radius 3 is 2.60 bits per heavy atom. The van der Waals surface area contributed by atoms with Crippen LogP contribution >= 0.6 is 0 Å². The SMILES string of the molecule is Cc1nc(CCC(=O)NCCN2CCC3(CCCCCc4ccccc4OCCNC3=O)CC2)cc(C2CCN(S(C)(=O)=O)CC2)n1. The summed E-state index contributed by atoms with van der Waals surface area (Å²) < 4.78 is 31.3. The van der Waals surface area contributed by atoms with Gasteiger partial charge in [-0.1, -0.05) is 31.0 Å². The maximum absolute atomic E-state index is 13.4. The van der Waals surface area contributed by atoms with E-state index in [2.05, 4.69) is 37.6 Å². The van der Waals surface area contributed by atoms with Crippen LogP contribution in [0.4, 0.5) is 0 Å². The zero-order chi connectivity index (χ0) is 33.3. The number of fused-ring (bicyclic) bond motifs is 1. The summed E-state index contributed by atoms with van der Waals surface area (Å²) in [6.45, 7) is 6.86. The lowest BCUT2D eigenvalue weighted by Crippen LogP contribution is -2.50. The lowest BCUT2D eigenvalue weighted by Gasteiger charge is -2.41. The first-order valence-corrected chi connectivity index (χ1v) is 19.2. The van der Waals surface area contributed by atoms with E-state index in [1.54, 1.807) is 0 Å². The molecule has 0 atom stereocenters. The van der Waals surface area contributed by atoms with Crippen LogP contribution in [0, 0.1) is 12.3 Å². The molecule has 0 radical (unpaired) electrons. The molecule has 2 N–H and O–H groups in total. The average molecular weight is 669 g/mol. The molecule has 47 heavy (non-hydrogen) atoms. The van der Waals surface area contributed by atoms with Crippen molar-refractivity contribution in [1.29, 1.82) is 0 Å². The summed E-state index contributed by atoms with van der Waals surface area (Å²) in [5.41, 5.74) is 2.69. The van der Waals surface area contributed by atoms with Crippen molar-refractivity contribution in [2.24, 2.45) is 5.41 Å². The molecule has 0 bridgehead atoms. The van der Waals surface area contributed by atoms with Crippen molar-refractivity contribution in [2.45, 2.75) is 83.5 Å². The van der Waals surface area contributed by atoms with Crippen molar-refractivity contribution in [3.63, 3.8) is 0 Å². The van der Waals surface area contributed by atoms with Crippen molar-refractivity contribution in [3.8, 4) is 5.75 Å². The molecule has 2 amide bonds. The smallest absolute Gasteiger partial charge is 0.226 e.